The molecule has 0 saturated heterocycles. The minimum atomic E-state index is -0.157. The number of hydrogen-bond donors (Lipinski definition) is 0. The fourth-order valence-electron chi connectivity index (χ4n) is 3.73. The van der Waals surface area contributed by atoms with E-state index in [9.17, 15) is 4.79 Å². The second-order valence-electron chi connectivity index (χ2n) is 7.95. The molecule has 0 saturated carbocycles. The molecule has 0 atom stereocenters. The van der Waals surface area contributed by atoms with Gasteiger partial charge in [-0.15, -0.1) is 0 Å². The fourth-order valence-corrected chi connectivity index (χ4v) is 4.77. The van der Waals surface area contributed by atoms with Gasteiger partial charge in [-0.1, -0.05) is 41.7 Å². The third kappa shape index (κ3) is 4.85. The van der Waals surface area contributed by atoms with Crippen molar-refractivity contribution in [3.8, 4) is 17.2 Å². The highest BCUT2D eigenvalue weighted by atomic mass is 32.1. The molecule has 174 valence electrons. The van der Waals surface area contributed by atoms with Crippen molar-refractivity contribution in [2.24, 2.45) is 0 Å². The Balaban J connectivity index is 1.49. The van der Waals surface area contributed by atoms with Gasteiger partial charge in [-0.25, -0.2) is 4.98 Å². The van der Waals surface area contributed by atoms with E-state index in [0.717, 1.165) is 27.1 Å². The number of fused-ring (bicyclic) bond motifs is 1. The highest BCUT2D eigenvalue weighted by molar-refractivity contribution is 7.22. The van der Waals surface area contributed by atoms with E-state index in [4.69, 9.17) is 14.5 Å². The molecule has 2 aromatic heterocycles. The lowest BCUT2D eigenvalue weighted by Gasteiger charge is -2.20. The second kappa shape index (κ2) is 9.95. The third-order valence-electron chi connectivity index (χ3n) is 5.53. The van der Waals surface area contributed by atoms with E-state index in [-0.39, 0.29) is 5.91 Å². The molecule has 0 fully saturated rings. The minimum Gasteiger partial charge on any atom is -0.494 e. The van der Waals surface area contributed by atoms with Gasteiger partial charge in [0.25, 0.3) is 5.91 Å². The Kier molecular flexibility index (Phi) is 6.41. The van der Waals surface area contributed by atoms with Crippen LogP contribution in [0.1, 0.15) is 21.5 Å². The monoisotopic (exact) mass is 481 g/mol. The number of rotatable bonds is 7. The number of thiazole rings is 1. The van der Waals surface area contributed by atoms with E-state index in [1.807, 2.05) is 61.5 Å². The van der Waals surface area contributed by atoms with Gasteiger partial charge >= 0.3 is 0 Å². The van der Waals surface area contributed by atoms with Gasteiger partial charge in [-0.3, -0.25) is 14.7 Å². The summed E-state index contributed by atoms with van der Waals surface area (Å²) in [6.07, 6.45) is 3.48. The predicted octanol–water partition coefficient (Wildman–Crippen LogP) is 6.65. The van der Waals surface area contributed by atoms with Crippen molar-refractivity contribution in [3.63, 3.8) is 0 Å². The smallest absolute Gasteiger partial charge is 0.260 e. The molecule has 5 rings (SSSR count). The summed E-state index contributed by atoms with van der Waals surface area (Å²) in [6, 6.07) is 24.4. The van der Waals surface area contributed by atoms with Crippen LogP contribution in [0.4, 0.5) is 5.13 Å². The van der Waals surface area contributed by atoms with Crippen molar-refractivity contribution in [2.45, 2.75) is 13.5 Å². The Morgan fingerprint density at radius 2 is 1.71 bits per heavy atom. The predicted molar refractivity (Wildman–Crippen MR) is 139 cm³/mol. The Morgan fingerprint density at radius 1 is 0.943 bits per heavy atom. The number of carbonyl (C=O) groups excluding carboxylic acids is 1. The molecule has 0 radical (unpaired) electrons. The molecular weight excluding hydrogens is 458 g/mol. The van der Waals surface area contributed by atoms with Crippen molar-refractivity contribution in [2.75, 3.05) is 12.0 Å². The highest BCUT2D eigenvalue weighted by Crippen LogP contribution is 2.37. The number of nitrogens with zero attached hydrogens (tertiary/aromatic N) is 3. The van der Waals surface area contributed by atoms with Gasteiger partial charge in [0.15, 0.2) is 5.13 Å². The molecule has 1 amide bonds. The molecule has 0 aliphatic carbocycles. The van der Waals surface area contributed by atoms with E-state index in [2.05, 4.69) is 4.98 Å². The zero-order valence-corrected chi connectivity index (χ0v) is 20.2. The van der Waals surface area contributed by atoms with Crippen LogP contribution >= 0.6 is 11.3 Å². The summed E-state index contributed by atoms with van der Waals surface area (Å²) in [7, 11) is 1.63. The molecule has 0 aliphatic heterocycles. The first-order valence-electron chi connectivity index (χ1n) is 11.1. The Hall–Kier alpha value is -4.23. The molecule has 0 unspecified atom stereocenters. The molecular formula is C28H23N3O3S. The Morgan fingerprint density at radius 3 is 2.43 bits per heavy atom. The van der Waals surface area contributed by atoms with E-state index >= 15 is 0 Å². The van der Waals surface area contributed by atoms with Gasteiger partial charge in [-0.05, 0) is 66.6 Å². The summed E-state index contributed by atoms with van der Waals surface area (Å²) < 4.78 is 12.4. The number of amides is 1. The molecule has 2 heterocycles. The number of benzene rings is 3. The summed E-state index contributed by atoms with van der Waals surface area (Å²) in [6.45, 7) is 2.37. The number of carbonyl (C=O) groups is 1. The van der Waals surface area contributed by atoms with E-state index in [1.54, 1.807) is 48.7 Å². The van der Waals surface area contributed by atoms with Crippen molar-refractivity contribution < 1.29 is 14.3 Å². The maximum Gasteiger partial charge on any atom is 0.260 e. The lowest BCUT2D eigenvalue weighted by molar-refractivity contribution is 0.0985. The van der Waals surface area contributed by atoms with Crippen molar-refractivity contribution in [1.29, 1.82) is 0 Å². The molecule has 6 nitrogen and oxygen atoms in total. The van der Waals surface area contributed by atoms with Crippen LogP contribution < -0.4 is 14.4 Å². The molecule has 0 spiro atoms. The summed E-state index contributed by atoms with van der Waals surface area (Å²) in [5, 5.41) is 0.603. The average Bonchev–Trinajstić information content (AvgIpc) is 3.35. The first-order chi connectivity index (χ1) is 17.1. The summed E-state index contributed by atoms with van der Waals surface area (Å²) in [4.78, 5) is 24.4. The van der Waals surface area contributed by atoms with Gasteiger partial charge in [0.1, 0.15) is 22.8 Å². The van der Waals surface area contributed by atoms with Crippen LogP contribution in [-0.4, -0.2) is 23.0 Å². The first kappa shape index (κ1) is 22.6. The van der Waals surface area contributed by atoms with Gasteiger partial charge < -0.3 is 9.47 Å². The summed E-state index contributed by atoms with van der Waals surface area (Å²) in [5.74, 6) is 1.93. The van der Waals surface area contributed by atoms with Crippen molar-refractivity contribution in [1.82, 2.24) is 9.97 Å². The largest absolute Gasteiger partial charge is 0.494 e. The molecule has 0 N–H and O–H groups in total. The topological polar surface area (TPSA) is 64.5 Å². The fraction of sp³-hybridized carbons (Fsp3) is 0.107. The molecule has 5 aromatic rings. The number of aromatic nitrogens is 2. The number of ether oxygens (including phenoxy) is 2. The highest BCUT2D eigenvalue weighted by Gasteiger charge is 2.23. The number of para-hydroxylation sites is 1. The van der Waals surface area contributed by atoms with Crippen LogP contribution in [0, 0.1) is 6.92 Å². The maximum absolute atomic E-state index is 13.7. The molecule has 35 heavy (non-hydrogen) atoms. The van der Waals surface area contributed by atoms with Gasteiger partial charge in [0.05, 0.1) is 18.4 Å². The Bertz CT molecular complexity index is 1450. The van der Waals surface area contributed by atoms with Crippen LogP contribution in [0.15, 0.2) is 91.3 Å². The number of anilines is 1. The molecule has 0 bridgehead atoms. The van der Waals surface area contributed by atoms with Crippen LogP contribution in [0.25, 0.3) is 10.2 Å². The first-order valence-corrected chi connectivity index (χ1v) is 11.9. The lowest BCUT2D eigenvalue weighted by atomic mass is 10.1. The van der Waals surface area contributed by atoms with Crippen molar-refractivity contribution >= 4 is 32.6 Å². The van der Waals surface area contributed by atoms with Gasteiger partial charge in [0.2, 0.25) is 0 Å². The molecule has 0 aliphatic rings. The van der Waals surface area contributed by atoms with Gasteiger partial charge in [-0.2, -0.15) is 0 Å². The van der Waals surface area contributed by atoms with E-state index in [0.29, 0.717) is 28.7 Å². The number of hydrogen-bond acceptors (Lipinski definition) is 6. The second-order valence-corrected chi connectivity index (χ2v) is 8.93. The Labute approximate surface area is 207 Å². The third-order valence-corrected chi connectivity index (χ3v) is 6.75. The quantitative estimate of drug-likeness (QED) is 0.260. The van der Waals surface area contributed by atoms with Crippen molar-refractivity contribution in [3.05, 3.63) is 108 Å². The van der Waals surface area contributed by atoms with Gasteiger partial charge in [0, 0.05) is 18.0 Å². The number of aryl methyl sites for hydroxylation is 1. The van der Waals surface area contributed by atoms with Crippen LogP contribution in [-0.2, 0) is 6.54 Å². The minimum absolute atomic E-state index is 0.157. The standard InChI is InChI=1S/C28H23N3O3S/c1-19-10-15-24(33-2)25-26(19)35-28(30-25)31(18-20-7-6-16-29-17-20)27(32)21-11-13-23(14-12-21)34-22-8-4-3-5-9-22/h3-17H,18H2,1-2H3. The van der Waals surface area contributed by atoms with Crippen LogP contribution in [0.3, 0.4) is 0 Å². The lowest BCUT2D eigenvalue weighted by Crippen LogP contribution is -2.30. The SMILES string of the molecule is COc1ccc(C)c2sc(N(Cc3cccnc3)C(=O)c3ccc(Oc4ccccc4)cc3)nc12. The van der Waals surface area contributed by atoms with Crippen LogP contribution in [0.5, 0.6) is 17.2 Å². The number of pyridine rings is 1. The zero-order chi connectivity index (χ0) is 24.2. The number of methoxy groups -OCH3 is 1. The van der Waals surface area contributed by atoms with E-state index < -0.39 is 0 Å². The molecule has 7 heteroatoms. The normalized spacial score (nSPS) is 10.8. The summed E-state index contributed by atoms with van der Waals surface area (Å²) in [5.41, 5.74) is 3.29. The average molecular weight is 482 g/mol. The zero-order valence-electron chi connectivity index (χ0n) is 19.3. The van der Waals surface area contributed by atoms with Crippen LogP contribution in [0.2, 0.25) is 0 Å². The molecule has 3 aromatic carbocycles. The van der Waals surface area contributed by atoms with E-state index in [1.165, 1.54) is 11.3 Å². The maximum atomic E-state index is 13.7. The summed E-state index contributed by atoms with van der Waals surface area (Å²) >= 11 is 1.48.